The molecular formula is C8H15NO2. The number of methoxy groups -OCH3 is 1. The van der Waals surface area contributed by atoms with Crippen molar-refractivity contribution in [3.63, 3.8) is 0 Å². The molecule has 0 saturated carbocycles. The molecule has 0 aromatic carbocycles. The lowest BCUT2D eigenvalue weighted by atomic mass is 10.2. The van der Waals surface area contributed by atoms with E-state index in [2.05, 4.69) is 6.07 Å². The predicted molar refractivity (Wildman–Crippen MR) is 42.1 cm³/mol. The van der Waals surface area contributed by atoms with E-state index in [1.807, 2.05) is 6.92 Å². The van der Waals surface area contributed by atoms with E-state index in [0.29, 0.717) is 13.2 Å². The Morgan fingerprint density at radius 2 is 2.18 bits per heavy atom. The third-order valence-corrected chi connectivity index (χ3v) is 1.23. The lowest BCUT2D eigenvalue weighted by Crippen LogP contribution is -2.06. The molecule has 0 radical (unpaired) electrons. The third kappa shape index (κ3) is 7.31. The minimum absolute atomic E-state index is 0.00227. The minimum Gasteiger partial charge on any atom is -0.385 e. The average molecular weight is 157 g/mol. The number of hydrogen-bond donors (Lipinski definition) is 0. The van der Waals surface area contributed by atoms with E-state index in [1.54, 1.807) is 7.11 Å². The molecule has 3 heteroatoms. The standard InChI is InChI=1S/C8H15NO2/c1-8(6-9)7-11-5-3-4-10-2/h8H,3-5,7H2,1-2H3. The Balaban J connectivity index is 2.97. The topological polar surface area (TPSA) is 42.2 Å². The van der Waals surface area contributed by atoms with Crippen molar-refractivity contribution in [1.29, 1.82) is 5.26 Å². The molecule has 0 fully saturated rings. The lowest BCUT2D eigenvalue weighted by molar-refractivity contribution is 0.0923. The van der Waals surface area contributed by atoms with Gasteiger partial charge in [0.2, 0.25) is 0 Å². The molecule has 64 valence electrons. The zero-order valence-electron chi connectivity index (χ0n) is 7.17. The van der Waals surface area contributed by atoms with Gasteiger partial charge in [-0.3, -0.25) is 0 Å². The van der Waals surface area contributed by atoms with E-state index in [0.717, 1.165) is 13.0 Å². The van der Waals surface area contributed by atoms with Gasteiger partial charge in [0.05, 0.1) is 18.6 Å². The van der Waals surface area contributed by atoms with E-state index < -0.39 is 0 Å². The zero-order valence-corrected chi connectivity index (χ0v) is 7.17. The fourth-order valence-corrected chi connectivity index (χ4v) is 0.603. The van der Waals surface area contributed by atoms with Gasteiger partial charge < -0.3 is 9.47 Å². The molecule has 3 nitrogen and oxygen atoms in total. The van der Waals surface area contributed by atoms with Crippen LogP contribution >= 0.6 is 0 Å². The van der Waals surface area contributed by atoms with Gasteiger partial charge in [-0.15, -0.1) is 0 Å². The molecule has 1 atom stereocenters. The van der Waals surface area contributed by atoms with Gasteiger partial charge in [-0.1, -0.05) is 0 Å². The van der Waals surface area contributed by atoms with Crippen molar-refractivity contribution in [2.24, 2.45) is 5.92 Å². The normalized spacial score (nSPS) is 12.5. The van der Waals surface area contributed by atoms with Crippen molar-refractivity contribution in [2.75, 3.05) is 26.9 Å². The van der Waals surface area contributed by atoms with Gasteiger partial charge in [0.25, 0.3) is 0 Å². The number of ether oxygens (including phenoxy) is 2. The van der Waals surface area contributed by atoms with Gasteiger partial charge >= 0.3 is 0 Å². The van der Waals surface area contributed by atoms with Gasteiger partial charge in [-0.05, 0) is 13.3 Å². The summed E-state index contributed by atoms with van der Waals surface area (Å²) in [6.07, 6.45) is 0.897. The van der Waals surface area contributed by atoms with Crippen LogP contribution in [0.15, 0.2) is 0 Å². The molecule has 0 aliphatic rings. The van der Waals surface area contributed by atoms with Crippen LogP contribution in [-0.4, -0.2) is 26.9 Å². The first-order valence-corrected chi connectivity index (χ1v) is 3.77. The summed E-state index contributed by atoms with van der Waals surface area (Å²) >= 11 is 0. The summed E-state index contributed by atoms with van der Waals surface area (Å²) in [5.41, 5.74) is 0. The molecule has 0 heterocycles. The lowest BCUT2D eigenvalue weighted by Gasteiger charge is -2.03. The van der Waals surface area contributed by atoms with Crippen LogP contribution < -0.4 is 0 Å². The second kappa shape index (κ2) is 7.52. The quantitative estimate of drug-likeness (QED) is 0.544. The highest BCUT2D eigenvalue weighted by Crippen LogP contribution is 1.93. The highest BCUT2D eigenvalue weighted by atomic mass is 16.5. The highest BCUT2D eigenvalue weighted by Gasteiger charge is 1.97. The van der Waals surface area contributed by atoms with Gasteiger partial charge in [0, 0.05) is 20.3 Å². The van der Waals surface area contributed by atoms with Crippen LogP contribution in [0.25, 0.3) is 0 Å². The van der Waals surface area contributed by atoms with E-state index in [4.69, 9.17) is 14.7 Å². The van der Waals surface area contributed by atoms with E-state index in [9.17, 15) is 0 Å². The predicted octanol–water partition coefficient (Wildman–Crippen LogP) is 1.20. The van der Waals surface area contributed by atoms with Crippen LogP contribution in [0.1, 0.15) is 13.3 Å². The third-order valence-electron chi connectivity index (χ3n) is 1.23. The molecule has 0 saturated heterocycles. The largest absolute Gasteiger partial charge is 0.385 e. The summed E-state index contributed by atoms with van der Waals surface area (Å²) in [5.74, 6) is -0.00227. The van der Waals surface area contributed by atoms with Gasteiger partial charge in [-0.2, -0.15) is 5.26 Å². The molecule has 0 aromatic rings. The van der Waals surface area contributed by atoms with Crippen molar-refractivity contribution in [2.45, 2.75) is 13.3 Å². The maximum atomic E-state index is 8.38. The van der Waals surface area contributed by atoms with Crippen LogP contribution in [0.5, 0.6) is 0 Å². The Labute approximate surface area is 67.9 Å². The van der Waals surface area contributed by atoms with Crippen LogP contribution in [0, 0.1) is 17.2 Å². The van der Waals surface area contributed by atoms with E-state index in [1.165, 1.54) is 0 Å². The summed E-state index contributed by atoms with van der Waals surface area (Å²) in [6.45, 7) is 3.78. The summed E-state index contributed by atoms with van der Waals surface area (Å²) in [7, 11) is 1.66. The fourth-order valence-electron chi connectivity index (χ4n) is 0.603. The van der Waals surface area contributed by atoms with E-state index in [-0.39, 0.29) is 5.92 Å². The Kier molecular flexibility index (Phi) is 7.11. The molecule has 0 aliphatic carbocycles. The number of hydrogen-bond acceptors (Lipinski definition) is 3. The van der Waals surface area contributed by atoms with Crippen molar-refractivity contribution in [3.05, 3.63) is 0 Å². The number of nitrogens with zero attached hydrogens (tertiary/aromatic N) is 1. The van der Waals surface area contributed by atoms with Gasteiger partial charge in [-0.25, -0.2) is 0 Å². The van der Waals surface area contributed by atoms with Crippen molar-refractivity contribution in [3.8, 4) is 6.07 Å². The first-order valence-electron chi connectivity index (χ1n) is 3.77. The van der Waals surface area contributed by atoms with Crippen LogP contribution in [-0.2, 0) is 9.47 Å². The molecular weight excluding hydrogens is 142 g/mol. The molecule has 0 aromatic heterocycles. The van der Waals surface area contributed by atoms with Crippen molar-refractivity contribution < 1.29 is 9.47 Å². The van der Waals surface area contributed by atoms with Gasteiger partial charge in [0.15, 0.2) is 0 Å². The van der Waals surface area contributed by atoms with Gasteiger partial charge in [0.1, 0.15) is 0 Å². The SMILES string of the molecule is COCCCOCC(C)C#N. The second-order valence-electron chi connectivity index (χ2n) is 2.45. The fraction of sp³-hybridized carbons (Fsp3) is 0.875. The summed E-state index contributed by atoms with van der Waals surface area (Å²) in [5, 5.41) is 8.38. The molecule has 0 bridgehead atoms. The number of nitriles is 1. The Morgan fingerprint density at radius 1 is 1.45 bits per heavy atom. The zero-order chi connectivity index (χ0) is 8.53. The number of rotatable bonds is 6. The molecule has 0 amide bonds. The van der Waals surface area contributed by atoms with Crippen LogP contribution in [0.4, 0.5) is 0 Å². The smallest absolute Gasteiger partial charge is 0.0677 e. The monoisotopic (exact) mass is 157 g/mol. The average Bonchev–Trinajstić information content (AvgIpc) is 2.04. The summed E-state index contributed by atoms with van der Waals surface area (Å²) < 4.78 is 10.0. The highest BCUT2D eigenvalue weighted by molar-refractivity contribution is 4.77. The van der Waals surface area contributed by atoms with Crippen LogP contribution in [0.3, 0.4) is 0 Å². The molecule has 11 heavy (non-hydrogen) atoms. The molecule has 0 aliphatic heterocycles. The minimum atomic E-state index is -0.00227. The second-order valence-corrected chi connectivity index (χ2v) is 2.45. The Morgan fingerprint density at radius 3 is 2.73 bits per heavy atom. The Bertz CT molecular complexity index is 120. The first kappa shape index (κ1) is 10.4. The van der Waals surface area contributed by atoms with Crippen molar-refractivity contribution >= 4 is 0 Å². The van der Waals surface area contributed by atoms with E-state index >= 15 is 0 Å². The van der Waals surface area contributed by atoms with Crippen molar-refractivity contribution in [1.82, 2.24) is 0 Å². The molecule has 0 spiro atoms. The molecule has 0 N–H and O–H groups in total. The molecule has 1 unspecified atom stereocenters. The maximum absolute atomic E-state index is 8.38. The summed E-state index contributed by atoms with van der Waals surface area (Å²) in [4.78, 5) is 0. The summed E-state index contributed by atoms with van der Waals surface area (Å²) in [6, 6.07) is 2.10. The Hall–Kier alpha value is -0.590. The first-order chi connectivity index (χ1) is 5.31. The molecule has 0 rings (SSSR count). The maximum Gasteiger partial charge on any atom is 0.0677 e. The van der Waals surface area contributed by atoms with Crippen LogP contribution in [0.2, 0.25) is 0 Å².